The quantitative estimate of drug-likeness (QED) is 0.827. The fourth-order valence-electron chi connectivity index (χ4n) is 1.08. The van der Waals surface area contributed by atoms with Gasteiger partial charge in [-0.25, -0.2) is 15.0 Å². The van der Waals surface area contributed by atoms with E-state index in [0.29, 0.717) is 6.54 Å². The molecule has 0 aliphatic heterocycles. The molecule has 2 heterocycles. The molecule has 2 rings (SSSR count). The highest BCUT2D eigenvalue weighted by molar-refractivity contribution is 6.29. The third-order valence-electron chi connectivity index (χ3n) is 1.85. The Hall–Kier alpha value is -1.95. The summed E-state index contributed by atoms with van der Waals surface area (Å²) in [6, 6.07) is 0. The van der Waals surface area contributed by atoms with Crippen molar-refractivity contribution in [1.29, 1.82) is 0 Å². The van der Waals surface area contributed by atoms with E-state index < -0.39 is 0 Å². The second-order valence-electron chi connectivity index (χ2n) is 2.98. The minimum atomic E-state index is -0.307. The van der Waals surface area contributed by atoms with Crippen LogP contribution in [0.4, 0.5) is 0 Å². The van der Waals surface area contributed by atoms with Crippen molar-refractivity contribution in [2.75, 3.05) is 0 Å². The van der Waals surface area contributed by atoms with E-state index in [1.807, 2.05) is 0 Å². The maximum Gasteiger partial charge on any atom is 0.271 e. The molecule has 0 bridgehead atoms. The zero-order valence-corrected chi connectivity index (χ0v) is 8.90. The summed E-state index contributed by atoms with van der Waals surface area (Å²) >= 11 is 5.56. The van der Waals surface area contributed by atoms with Gasteiger partial charge in [0.2, 0.25) is 0 Å². The molecular formula is C9H8ClN5O. The molecule has 0 atom stereocenters. The summed E-state index contributed by atoms with van der Waals surface area (Å²) < 4.78 is 0. The van der Waals surface area contributed by atoms with Crippen molar-refractivity contribution >= 4 is 17.5 Å². The van der Waals surface area contributed by atoms with Crippen LogP contribution >= 0.6 is 11.6 Å². The highest BCUT2D eigenvalue weighted by Gasteiger charge is 2.07. The van der Waals surface area contributed by atoms with Gasteiger partial charge in [0.1, 0.15) is 10.8 Å². The highest BCUT2D eigenvalue weighted by atomic mass is 35.5. The lowest BCUT2D eigenvalue weighted by Crippen LogP contribution is -2.24. The van der Waals surface area contributed by atoms with Crippen LogP contribution in [-0.4, -0.2) is 25.8 Å². The van der Waals surface area contributed by atoms with Gasteiger partial charge in [0.05, 0.1) is 31.0 Å². The van der Waals surface area contributed by atoms with Gasteiger partial charge in [-0.1, -0.05) is 11.6 Å². The van der Waals surface area contributed by atoms with Crippen molar-refractivity contribution < 1.29 is 4.79 Å². The summed E-state index contributed by atoms with van der Waals surface area (Å²) in [5.74, 6) is -0.307. The molecule has 0 saturated heterocycles. The number of carbonyl (C=O) groups excluding carboxylic acids is 1. The molecule has 0 saturated carbocycles. The van der Waals surface area contributed by atoms with E-state index in [-0.39, 0.29) is 16.8 Å². The van der Waals surface area contributed by atoms with E-state index in [1.54, 1.807) is 12.5 Å². The van der Waals surface area contributed by atoms with Crippen LogP contribution in [0.3, 0.4) is 0 Å². The molecular weight excluding hydrogens is 230 g/mol. The maximum atomic E-state index is 11.6. The SMILES string of the molecule is O=C(NCc1cnc[nH]1)c1cnc(Cl)cn1. The molecule has 0 unspecified atom stereocenters. The fraction of sp³-hybridized carbons (Fsp3) is 0.111. The molecule has 2 aromatic rings. The summed E-state index contributed by atoms with van der Waals surface area (Å²) in [6.45, 7) is 0.364. The molecule has 2 N–H and O–H groups in total. The Morgan fingerprint density at radius 1 is 1.38 bits per heavy atom. The monoisotopic (exact) mass is 237 g/mol. The predicted octanol–water partition coefficient (Wildman–Crippen LogP) is 0.783. The van der Waals surface area contributed by atoms with Gasteiger partial charge in [0.25, 0.3) is 5.91 Å². The summed E-state index contributed by atoms with van der Waals surface area (Å²) in [7, 11) is 0. The lowest BCUT2D eigenvalue weighted by Gasteiger charge is -2.02. The number of aromatic nitrogens is 4. The van der Waals surface area contributed by atoms with Gasteiger partial charge in [-0.15, -0.1) is 0 Å². The van der Waals surface area contributed by atoms with Crippen LogP contribution in [0.25, 0.3) is 0 Å². The number of nitrogens with zero attached hydrogens (tertiary/aromatic N) is 3. The number of imidazole rings is 1. The van der Waals surface area contributed by atoms with Gasteiger partial charge in [0, 0.05) is 6.20 Å². The van der Waals surface area contributed by atoms with Crippen molar-refractivity contribution in [2.45, 2.75) is 6.54 Å². The molecule has 1 amide bonds. The lowest BCUT2D eigenvalue weighted by atomic mass is 10.4. The lowest BCUT2D eigenvalue weighted by molar-refractivity contribution is 0.0945. The average Bonchev–Trinajstić information content (AvgIpc) is 2.80. The van der Waals surface area contributed by atoms with Crippen LogP contribution in [-0.2, 0) is 6.54 Å². The Balaban J connectivity index is 1.95. The van der Waals surface area contributed by atoms with E-state index in [4.69, 9.17) is 11.6 Å². The van der Waals surface area contributed by atoms with Gasteiger partial charge < -0.3 is 10.3 Å². The van der Waals surface area contributed by atoms with E-state index in [9.17, 15) is 4.79 Å². The Kier molecular flexibility index (Phi) is 3.11. The van der Waals surface area contributed by atoms with Crippen LogP contribution in [0, 0.1) is 0 Å². The first-order valence-corrected chi connectivity index (χ1v) is 4.86. The molecule has 0 spiro atoms. The number of hydrogen-bond donors (Lipinski definition) is 2. The number of rotatable bonds is 3. The van der Waals surface area contributed by atoms with Crippen molar-refractivity contribution in [3.8, 4) is 0 Å². The van der Waals surface area contributed by atoms with Gasteiger partial charge in [-0.3, -0.25) is 4.79 Å². The normalized spacial score (nSPS) is 10.1. The standard InChI is InChI=1S/C9H8ClN5O/c10-8-4-12-7(3-13-8)9(16)14-2-6-1-11-5-15-6/h1,3-5H,2H2,(H,11,15)(H,14,16). The largest absolute Gasteiger partial charge is 0.347 e. The van der Waals surface area contributed by atoms with E-state index in [2.05, 4.69) is 25.3 Å². The van der Waals surface area contributed by atoms with Crippen molar-refractivity contribution in [2.24, 2.45) is 0 Å². The maximum absolute atomic E-state index is 11.6. The van der Waals surface area contributed by atoms with Crippen LogP contribution in [0.1, 0.15) is 16.2 Å². The molecule has 7 heteroatoms. The third kappa shape index (κ3) is 2.54. The number of carbonyl (C=O) groups is 1. The number of hydrogen-bond acceptors (Lipinski definition) is 4. The second-order valence-corrected chi connectivity index (χ2v) is 3.37. The molecule has 0 aliphatic rings. The van der Waals surface area contributed by atoms with Crippen molar-refractivity contribution in [3.05, 3.63) is 41.5 Å². The second kappa shape index (κ2) is 4.71. The Morgan fingerprint density at radius 3 is 2.88 bits per heavy atom. The molecule has 2 aromatic heterocycles. The van der Waals surface area contributed by atoms with Gasteiger partial charge in [0.15, 0.2) is 0 Å². The first-order chi connectivity index (χ1) is 7.75. The topological polar surface area (TPSA) is 83.6 Å². The predicted molar refractivity (Wildman–Crippen MR) is 56.8 cm³/mol. The summed E-state index contributed by atoms with van der Waals surface area (Å²) in [6.07, 6.45) is 5.83. The minimum Gasteiger partial charge on any atom is -0.347 e. The highest BCUT2D eigenvalue weighted by Crippen LogP contribution is 2.01. The number of amides is 1. The molecule has 0 radical (unpaired) electrons. The summed E-state index contributed by atoms with van der Waals surface area (Å²) in [5.41, 5.74) is 1.04. The van der Waals surface area contributed by atoms with Crippen LogP contribution in [0.2, 0.25) is 5.15 Å². The molecule has 82 valence electrons. The zero-order valence-electron chi connectivity index (χ0n) is 8.14. The summed E-state index contributed by atoms with van der Waals surface area (Å²) in [5, 5.41) is 2.92. The molecule has 0 aliphatic carbocycles. The number of aromatic amines is 1. The average molecular weight is 238 g/mol. The molecule has 0 aromatic carbocycles. The number of halogens is 1. The molecule has 16 heavy (non-hydrogen) atoms. The fourth-order valence-corrected chi connectivity index (χ4v) is 1.17. The van der Waals surface area contributed by atoms with Gasteiger partial charge in [-0.05, 0) is 0 Å². The molecule has 0 fully saturated rings. The van der Waals surface area contributed by atoms with E-state index >= 15 is 0 Å². The summed E-state index contributed by atoms with van der Waals surface area (Å²) in [4.78, 5) is 25.9. The van der Waals surface area contributed by atoms with Crippen LogP contribution < -0.4 is 5.32 Å². The van der Waals surface area contributed by atoms with Gasteiger partial charge in [-0.2, -0.15) is 0 Å². The Labute approximate surface area is 96.1 Å². The zero-order chi connectivity index (χ0) is 11.4. The van der Waals surface area contributed by atoms with E-state index in [1.165, 1.54) is 12.4 Å². The third-order valence-corrected chi connectivity index (χ3v) is 2.04. The van der Waals surface area contributed by atoms with E-state index in [0.717, 1.165) is 5.69 Å². The van der Waals surface area contributed by atoms with Crippen LogP contribution in [0.15, 0.2) is 24.9 Å². The first kappa shape index (κ1) is 10.6. The Bertz CT molecular complexity index is 467. The minimum absolute atomic E-state index is 0.226. The number of nitrogens with one attached hydrogen (secondary N) is 2. The van der Waals surface area contributed by atoms with Crippen molar-refractivity contribution in [3.63, 3.8) is 0 Å². The molecule has 6 nitrogen and oxygen atoms in total. The first-order valence-electron chi connectivity index (χ1n) is 4.48. The Morgan fingerprint density at radius 2 is 2.25 bits per heavy atom. The van der Waals surface area contributed by atoms with Gasteiger partial charge >= 0.3 is 0 Å². The van der Waals surface area contributed by atoms with Crippen molar-refractivity contribution in [1.82, 2.24) is 25.3 Å². The number of H-pyrrole nitrogens is 1. The smallest absolute Gasteiger partial charge is 0.271 e. The van der Waals surface area contributed by atoms with Crippen LogP contribution in [0.5, 0.6) is 0 Å².